The number of aromatic nitrogens is 2. The van der Waals surface area contributed by atoms with Crippen molar-refractivity contribution in [3.63, 3.8) is 0 Å². The molecule has 6 nitrogen and oxygen atoms in total. The van der Waals surface area contributed by atoms with Crippen LogP contribution in [0.4, 0.5) is 0 Å². The van der Waals surface area contributed by atoms with Crippen LogP contribution in [0.5, 0.6) is 0 Å². The van der Waals surface area contributed by atoms with Crippen molar-refractivity contribution in [2.75, 3.05) is 33.3 Å². The summed E-state index contributed by atoms with van der Waals surface area (Å²) >= 11 is 0. The van der Waals surface area contributed by atoms with Gasteiger partial charge in [-0.25, -0.2) is 9.48 Å². The normalized spacial score (nSPS) is 11.2. The van der Waals surface area contributed by atoms with E-state index in [1.807, 2.05) is 0 Å². The molecule has 0 spiro atoms. The second kappa shape index (κ2) is 8.57. The molecule has 0 bridgehead atoms. The van der Waals surface area contributed by atoms with Gasteiger partial charge in [-0.1, -0.05) is 18.2 Å². The molecule has 7 heteroatoms. The fraction of sp³-hybridized carbons (Fsp3) is 0.471. The largest absolute Gasteiger partial charge is 1.00 e. The van der Waals surface area contributed by atoms with Crippen LogP contribution in [0, 0.1) is 0 Å². The summed E-state index contributed by atoms with van der Waals surface area (Å²) in [6.07, 6.45) is 0. The van der Waals surface area contributed by atoms with E-state index in [0.29, 0.717) is 17.4 Å². The molecule has 2 aromatic rings. The first-order valence-electron chi connectivity index (χ1n) is 7.88. The van der Waals surface area contributed by atoms with Crippen LogP contribution in [-0.2, 0) is 11.8 Å². The predicted molar refractivity (Wildman–Crippen MR) is 89.4 cm³/mol. The molecule has 0 radical (unpaired) electrons. The van der Waals surface area contributed by atoms with Gasteiger partial charge in [0.05, 0.1) is 25.5 Å². The van der Waals surface area contributed by atoms with Crippen molar-refractivity contribution < 1.29 is 38.0 Å². The van der Waals surface area contributed by atoms with E-state index >= 15 is 0 Å². The first kappa shape index (κ1) is 20.6. The number of halogens is 1. The molecule has 24 heavy (non-hydrogen) atoms. The second-order valence-electron chi connectivity index (χ2n) is 5.93. The Morgan fingerprint density at radius 2 is 1.79 bits per heavy atom. The SMILES string of the molecule is CC[N+](C)(CC)CCOC(=O)c1nn(C)c(=O)c2ccccc12.[I-]. The molecule has 2 rings (SSSR count). The number of hydrogen-bond donors (Lipinski definition) is 0. The lowest BCUT2D eigenvalue weighted by molar-refractivity contribution is -0.906. The average molecular weight is 445 g/mol. The third-order valence-corrected chi connectivity index (χ3v) is 4.54. The minimum Gasteiger partial charge on any atom is -1.00 e. The van der Waals surface area contributed by atoms with E-state index in [-0.39, 0.29) is 35.2 Å². The third kappa shape index (κ3) is 4.32. The predicted octanol–water partition coefficient (Wildman–Crippen LogP) is -1.42. The topological polar surface area (TPSA) is 61.2 Å². The van der Waals surface area contributed by atoms with Gasteiger partial charge in [0.1, 0.15) is 13.2 Å². The van der Waals surface area contributed by atoms with E-state index in [9.17, 15) is 9.59 Å². The van der Waals surface area contributed by atoms with Crippen LogP contribution in [0.15, 0.2) is 29.1 Å². The highest BCUT2D eigenvalue weighted by atomic mass is 127. The summed E-state index contributed by atoms with van der Waals surface area (Å²) in [5.41, 5.74) is -0.0387. The van der Waals surface area contributed by atoms with Gasteiger partial charge in [0.2, 0.25) is 0 Å². The number of nitrogens with zero attached hydrogens (tertiary/aromatic N) is 3. The molecule has 0 saturated heterocycles. The Morgan fingerprint density at radius 3 is 2.38 bits per heavy atom. The van der Waals surface area contributed by atoms with E-state index < -0.39 is 5.97 Å². The zero-order chi connectivity index (χ0) is 17.0. The Balaban J connectivity index is 0.00000288. The molecule has 0 aliphatic rings. The molecule has 0 amide bonds. The summed E-state index contributed by atoms with van der Waals surface area (Å²) in [6, 6.07) is 6.96. The van der Waals surface area contributed by atoms with E-state index in [1.54, 1.807) is 24.3 Å². The molecule has 0 aliphatic heterocycles. The van der Waals surface area contributed by atoms with Gasteiger partial charge in [-0.2, -0.15) is 5.10 Å². The van der Waals surface area contributed by atoms with Crippen LogP contribution in [0.25, 0.3) is 10.8 Å². The number of aryl methyl sites for hydroxylation is 1. The smallest absolute Gasteiger partial charge is 0.359 e. The van der Waals surface area contributed by atoms with Crippen molar-refractivity contribution in [1.29, 1.82) is 0 Å². The number of likely N-dealkylation sites (N-methyl/N-ethyl adjacent to an activating group) is 1. The van der Waals surface area contributed by atoms with Crippen molar-refractivity contribution in [2.24, 2.45) is 7.05 Å². The van der Waals surface area contributed by atoms with E-state index in [2.05, 4.69) is 26.0 Å². The van der Waals surface area contributed by atoms with E-state index in [1.165, 1.54) is 11.7 Å². The maximum atomic E-state index is 12.4. The Labute approximate surface area is 159 Å². The lowest BCUT2D eigenvalue weighted by atomic mass is 10.1. The van der Waals surface area contributed by atoms with Crippen molar-refractivity contribution in [2.45, 2.75) is 13.8 Å². The van der Waals surface area contributed by atoms with Gasteiger partial charge in [-0.3, -0.25) is 4.79 Å². The minimum atomic E-state index is -0.490. The summed E-state index contributed by atoms with van der Waals surface area (Å²) in [5, 5.41) is 5.08. The van der Waals surface area contributed by atoms with E-state index in [4.69, 9.17) is 4.74 Å². The van der Waals surface area contributed by atoms with Crippen LogP contribution in [0.1, 0.15) is 24.3 Å². The number of ether oxygens (including phenoxy) is 1. The summed E-state index contributed by atoms with van der Waals surface area (Å²) in [6.45, 7) is 7.28. The quantitative estimate of drug-likeness (QED) is 0.311. The molecule has 1 heterocycles. The highest BCUT2D eigenvalue weighted by Gasteiger charge is 2.20. The van der Waals surface area contributed by atoms with Crippen LogP contribution < -0.4 is 29.5 Å². The van der Waals surface area contributed by atoms with Gasteiger partial charge in [0.25, 0.3) is 5.56 Å². The number of rotatable bonds is 6. The van der Waals surface area contributed by atoms with Gasteiger partial charge < -0.3 is 33.2 Å². The lowest BCUT2D eigenvalue weighted by Crippen LogP contribution is -3.00. The van der Waals surface area contributed by atoms with Gasteiger partial charge in [0.15, 0.2) is 5.69 Å². The molecule has 132 valence electrons. The lowest BCUT2D eigenvalue weighted by Gasteiger charge is -2.31. The molecule has 0 fully saturated rings. The number of carbonyl (C=O) groups is 1. The highest BCUT2D eigenvalue weighted by Crippen LogP contribution is 2.14. The van der Waals surface area contributed by atoms with Crippen LogP contribution >= 0.6 is 0 Å². The zero-order valence-electron chi connectivity index (χ0n) is 14.6. The number of quaternary nitrogens is 1. The molecule has 0 saturated carbocycles. The van der Waals surface area contributed by atoms with Gasteiger partial charge in [-0.15, -0.1) is 0 Å². The number of esters is 1. The third-order valence-electron chi connectivity index (χ3n) is 4.54. The standard InChI is InChI=1S/C17H24N3O3.HI/c1-5-20(4,6-2)11-12-23-17(22)15-13-9-7-8-10-14(13)16(21)19(3)18-15;/h7-10H,5-6,11-12H2,1-4H3;1H/q+1;/p-1. The Morgan fingerprint density at radius 1 is 1.21 bits per heavy atom. The summed E-state index contributed by atoms with van der Waals surface area (Å²) in [7, 11) is 3.67. The monoisotopic (exact) mass is 445 g/mol. The van der Waals surface area contributed by atoms with Crippen LogP contribution in [0.3, 0.4) is 0 Å². The molecule has 0 atom stereocenters. The van der Waals surface area contributed by atoms with Crippen molar-refractivity contribution >= 4 is 16.7 Å². The molecular weight excluding hydrogens is 421 g/mol. The zero-order valence-corrected chi connectivity index (χ0v) is 16.7. The average Bonchev–Trinajstić information content (AvgIpc) is 2.57. The van der Waals surface area contributed by atoms with Gasteiger partial charge in [-0.05, 0) is 19.9 Å². The van der Waals surface area contributed by atoms with E-state index in [0.717, 1.165) is 24.1 Å². The van der Waals surface area contributed by atoms with Crippen molar-refractivity contribution in [3.8, 4) is 0 Å². The fourth-order valence-corrected chi connectivity index (χ4v) is 2.42. The van der Waals surface area contributed by atoms with Gasteiger partial charge >= 0.3 is 5.97 Å². The molecular formula is C17H24IN3O3. The molecule has 0 aliphatic carbocycles. The van der Waals surface area contributed by atoms with Gasteiger partial charge in [0, 0.05) is 12.4 Å². The maximum absolute atomic E-state index is 12.4. The first-order chi connectivity index (χ1) is 10.9. The minimum absolute atomic E-state index is 0. The summed E-state index contributed by atoms with van der Waals surface area (Å²) < 4.78 is 7.42. The van der Waals surface area contributed by atoms with Crippen LogP contribution in [-0.4, -0.2) is 53.5 Å². The molecule has 1 aromatic carbocycles. The number of fused-ring (bicyclic) bond motifs is 1. The summed E-state index contributed by atoms with van der Waals surface area (Å²) in [4.78, 5) is 24.4. The maximum Gasteiger partial charge on any atom is 0.359 e. The molecule has 0 N–H and O–H groups in total. The first-order valence-corrected chi connectivity index (χ1v) is 7.88. The number of carbonyl (C=O) groups excluding carboxylic acids is 1. The second-order valence-corrected chi connectivity index (χ2v) is 5.93. The Bertz CT molecular complexity index is 769. The number of benzene rings is 1. The van der Waals surface area contributed by atoms with Crippen LogP contribution in [0.2, 0.25) is 0 Å². The Kier molecular flexibility index (Phi) is 7.34. The highest BCUT2D eigenvalue weighted by molar-refractivity contribution is 6.02. The van der Waals surface area contributed by atoms with Crippen molar-refractivity contribution in [1.82, 2.24) is 9.78 Å². The van der Waals surface area contributed by atoms with Crippen molar-refractivity contribution in [3.05, 3.63) is 40.3 Å². The number of hydrogen-bond acceptors (Lipinski definition) is 4. The molecule has 0 unspecified atom stereocenters. The molecule has 1 aromatic heterocycles. The Hall–Kier alpha value is -1.48. The summed E-state index contributed by atoms with van der Waals surface area (Å²) in [5.74, 6) is -0.490. The fourth-order valence-electron chi connectivity index (χ4n) is 2.42.